The molecule has 5 heteroatoms. The predicted molar refractivity (Wildman–Crippen MR) is 68.7 cm³/mol. The topological polar surface area (TPSA) is 60.0 Å². The van der Waals surface area contributed by atoms with Gasteiger partial charge < -0.3 is 10.6 Å². The molecule has 17 heavy (non-hydrogen) atoms. The number of nitrogens with two attached hydrogens (primary N) is 1. The van der Waals surface area contributed by atoms with Gasteiger partial charge in [-0.25, -0.2) is 4.98 Å². The Morgan fingerprint density at radius 2 is 2.24 bits per heavy atom. The first-order chi connectivity index (χ1) is 8.08. The molecule has 0 radical (unpaired) electrons. The third-order valence-electron chi connectivity index (χ3n) is 2.73. The minimum Gasteiger partial charge on any atom is -0.396 e. The molecular weight excluding hydrogens is 214 g/mol. The molecule has 0 aliphatic carbocycles. The lowest BCUT2D eigenvalue weighted by Gasteiger charge is -2.19. The van der Waals surface area contributed by atoms with Crippen LogP contribution in [0.4, 0.5) is 11.5 Å². The van der Waals surface area contributed by atoms with E-state index in [0.717, 1.165) is 29.2 Å². The van der Waals surface area contributed by atoms with Crippen LogP contribution in [-0.4, -0.2) is 21.8 Å². The van der Waals surface area contributed by atoms with Crippen LogP contribution in [0.3, 0.4) is 0 Å². The SMILES string of the molecule is Cc1ccnc(N(C)Cc2cnn(C)c2)c1N. The Morgan fingerprint density at radius 3 is 2.88 bits per heavy atom. The van der Waals surface area contributed by atoms with Crippen LogP contribution in [-0.2, 0) is 13.6 Å². The number of nitrogen functional groups attached to an aromatic ring is 1. The molecule has 2 rings (SSSR count). The first-order valence-corrected chi connectivity index (χ1v) is 5.47. The summed E-state index contributed by atoms with van der Waals surface area (Å²) in [6, 6.07) is 1.91. The maximum absolute atomic E-state index is 6.02. The highest BCUT2D eigenvalue weighted by atomic mass is 15.2. The van der Waals surface area contributed by atoms with Gasteiger partial charge in [-0.1, -0.05) is 0 Å². The molecule has 2 heterocycles. The van der Waals surface area contributed by atoms with Crippen LogP contribution in [0.15, 0.2) is 24.7 Å². The minimum atomic E-state index is 0.735. The summed E-state index contributed by atoms with van der Waals surface area (Å²) in [5, 5.41) is 4.14. The Balaban J connectivity index is 2.20. The molecule has 2 aromatic rings. The van der Waals surface area contributed by atoms with Crippen molar-refractivity contribution in [2.45, 2.75) is 13.5 Å². The molecule has 0 amide bonds. The van der Waals surface area contributed by atoms with Crippen molar-refractivity contribution >= 4 is 11.5 Å². The summed E-state index contributed by atoms with van der Waals surface area (Å²) in [4.78, 5) is 6.34. The molecule has 0 saturated heterocycles. The Bertz CT molecular complexity index is 517. The van der Waals surface area contributed by atoms with E-state index < -0.39 is 0 Å². The molecule has 0 atom stereocenters. The fraction of sp³-hybridized carbons (Fsp3) is 0.333. The van der Waals surface area contributed by atoms with Gasteiger partial charge in [0.05, 0.1) is 11.9 Å². The van der Waals surface area contributed by atoms with Gasteiger partial charge in [0, 0.05) is 38.6 Å². The highest BCUT2D eigenvalue weighted by molar-refractivity contribution is 5.66. The fourth-order valence-electron chi connectivity index (χ4n) is 1.76. The molecule has 0 saturated carbocycles. The van der Waals surface area contributed by atoms with Crippen molar-refractivity contribution in [2.24, 2.45) is 7.05 Å². The van der Waals surface area contributed by atoms with Crippen LogP contribution in [0.2, 0.25) is 0 Å². The van der Waals surface area contributed by atoms with E-state index in [1.165, 1.54) is 0 Å². The molecular formula is C12H17N5. The van der Waals surface area contributed by atoms with Gasteiger partial charge in [0.15, 0.2) is 5.82 Å². The van der Waals surface area contributed by atoms with Gasteiger partial charge in [0.25, 0.3) is 0 Å². The van der Waals surface area contributed by atoms with Crippen molar-refractivity contribution in [3.63, 3.8) is 0 Å². The fourth-order valence-corrected chi connectivity index (χ4v) is 1.76. The maximum atomic E-state index is 6.02. The average molecular weight is 231 g/mol. The molecule has 2 aromatic heterocycles. The quantitative estimate of drug-likeness (QED) is 0.866. The number of pyridine rings is 1. The number of anilines is 2. The lowest BCUT2D eigenvalue weighted by Crippen LogP contribution is -2.19. The Kier molecular flexibility index (Phi) is 2.99. The third-order valence-corrected chi connectivity index (χ3v) is 2.73. The van der Waals surface area contributed by atoms with Crippen LogP contribution in [0, 0.1) is 6.92 Å². The lowest BCUT2D eigenvalue weighted by molar-refractivity contribution is 0.766. The first-order valence-electron chi connectivity index (χ1n) is 5.47. The van der Waals surface area contributed by atoms with Gasteiger partial charge >= 0.3 is 0 Å². The van der Waals surface area contributed by atoms with E-state index in [4.69, 9.17) is 5.73 Å². The zero-order valence-electron chi connectivity index (χ0n) is 10.4. The van der Waals surface area contributed by atoms with Gasteiger partial charge in [-0.3, -0.25) is 4.68 Å². The Morgan fingerprint density at radius 1 is 1.47 bits per heavy atom. The summed E-state index contributed by atoms with van der Waals surface area (Å²) in [6.07, 6.45) is 5.62. The van der Waals surface area contributed by atoms with Gasteiger partial charge in [-0.2, -0.15) is 5.10 Å². The molecule has 5 nitrogen and oxygen atoms in total. The molecule has 0 aliphatic heterocycles. The monoisotopic (exact) mass is 231 g/mol. The van der Waals surface area contributed by atoms with Crippen LogP contribution in [0.5, 0.6) is 0 Å². The largest absolute Gasteiger partial charge is 0.396 e. The summed E-state index contributed by atoms with van der Waals surface area (Å²) in [6.45, 7) is 2.73. The van der Waals surface area contributed by atoms with E-state index in [-0.39, 0.29) is 0 Å². The van der Waals surface area contributed by atoms with Crippen LogP contribution >= 0.6 is 0 Å². The van der Waals surface area contributed by atoms with Gasteiger partial charge in [-0.15, -0.1) is 0 Å². The number of nitrogens with zero attached hydrogens (tertiary/aromatic N) is 4. The molecule has 0 unspecified atom stereocenters. The number of rotatable bonds is 3. The number of aromatic nitrogens is 3. The predicted octanol–water partition coefficient (Wildman–Crippen LogP) is 1.34. The molecule has 2 N–H and O–H groups in total. The van der Waals surface area contributed by atoms with E-state index in [1.807, 2.05) is 44.4 Å². The van der Waals surface area contributed by atoms with Crippen molar-refractivity contribution in [2.75, 3.05) is 17.7 Å². The second kappa shape index (κ2) is 4.45. The van der Waals surface area contributed by atoms with Gasteiger partial charge in [0.1, 0.15) is 0 Å². The molecule has 0 spiro atoms. The summed E-state index contributed by atoms with van der Waals surface area (Å²) >= 11 is 0. The summed E-state index contributed by atoms with van der Waals surface area (Å²) in [7, 11) is 3.88. The number of hydrogen-bond acceptors (Lipinski definition) is 4. The van der Waals surface area contributed by atoms with Gasteiger partial charge in [-0.05, 0) is 18.6 Å². The van der Waals surface area contributed by atoms with Gasteiger partial charge in [0.2, 0.25) is 0 Å². The van der Waals surface area contributed by atoms with Crippen molar-refractivity contribution in [1.29, 1.82) is 0 Å². The highest BCUT2D eigenvalue weighted by Gasteiger charge is 2.09. The normalized spacial score (nSPS) is 10.5. The molecule has 90 valence electrons. The molecule has 0 aliphatic rings. The highest BCUT2D eigenvalue weighted by Crippen LogP contribution is 2.23. The Labute approximate surface area is 101 Å². The van der Waals surface area contributed by atoms with E-state index in [2.05, 4.69) is 10.1 Å². The third kappa shape index (κ3) is 2.38. The molecule has 0 bridgehead atoms. The minimum absolute atomic E-state index is 0.735. The molecule has 0 fully saturated rings. The van der Waals surface area contributed by atoms with E-state index in [9.17, 15) is 0 Å². The van der Waals surface area contributed by atoms with Crippen molar-refractivity contribution in [3.05, 3.63) is 35.8 Å². The van der Waals surface area contributed by atoms with E-state index in [1.54, 1.807) is 10.9 Å². The lowest BCUT2D eigenvalue weighted by atomic mass is 10.2. The number of hydrogen-bond donors (Lipinski definition) is 1. The summed E-state index contributed by atoms with van der Waals surface area (Å²) < 4.78 is 1.79. The smallest absolute Gasteiger partial charge is 0.152 e. The number of aryl methyl sites for hydroxylation is 2. The van der Waals surface area contributed by atoms with Crippen molar-refractivity contribution in [3.8, 4) is 0 Å². The second-order valence-corrected chi connectivity index (χ2v) is 4.24. The summed E-state index contributed by atoms with van der Waals surface area (Å²) in [5.41, 5.74) is 8.94. The standard InChI is InChI=1S/C12H17N5/c1-9-4-5-14-12(11(9)13)16(2)7-10-6-15-17(3)8-10/h4-6,8H,7,13H2,1-3H3. The van der Waals surface area contributed by atoms with Crippen molar-refractivity contribution in [1.82, 2.24) is 14.8 Å². The van der Waals surface area contributed by atoms with Crippen LogP contribution in [0.25, 0.3) is 0 Å². The molecule has 0 aromatic carbocycles. The zero-order valence-corrected chi connectivity index (χ0v) is 10.4. The zero-order chi connectivity index (χ0) is 12.4. The summed E-state index contributed by atoms with van der Waals surface area (Å²) in [5.74, 6) is 0.814. The second-order valence-electron chi connectivity index (χ2n) is 4.24. The van der Waals surface area contributed by atoms with E-state index in [0.29, 0.717) is 0 Å². The average Bonchev–Trinajstić information content (AvgIpc) is 2.68. The Hall–Kier alpha value is -2.04. The maximum Gasteiger partial charge on any atom is 0.152 e. The van der Waals surface area contributed by atoms with Crippen molar-refractivity contribution < 1.29 is 0 Å². The van der Waals surface area contributed by atoms with E-state index >= 15 is 0 Å². The van der Waals surface area contributed by atoms with Crippen LogP contribution < -0.4 is 10.6 Å². The first kappa shape index (κ1) is 11.4. The van der Waals surface area contributed by atoms with Crippen LogP contribution in [0.1, 0.15) is 11.1 Å².